The van der Waals surface area contributed by atoms with Gasteiger partial charge < -0.3 is 9.47 Å². The topological polar surface area (TPSA) is 59.1 Å². The van der Waals surface area contributed by atoms with Crippen LogP contribution in [0.4, 0.5) is 0 Å². The van der Waals surface area contributed by atoms with Gasteiger partial charge >= 0.3 is 11.9 Å². The Morgan fingerprint density at radius 2 is 1.08 bits per heavy atom. The smallest absolute Gasteiger partial charge is 0.332 e. The maximum atomic E-state index is 13.5. The molecule has 0 spiro atoms. The van der Waals surface area contributed by atoms with E-state index in [-0.39, 0.29) is 22.7 Å². The highest BCUT2D eigenvalue weighted by Crippen LogP contribution is 2.77. The molecule has 6 aliphatic carbocycles. The molecule has 2 aromatic carbocycles. The Morgan fingerprint density at radius 1 is 0.646 bits per heavy atom. The fourth-order valence-electron chi connectivity index (χ4n) is 13.1. The molecule has 3 aliphatic heterocycles. The van der Waals surface area contributed by atoms with Crippen LogP contribution in [0.25, 0.3) is 0 Å². The maximum Gasteiger partial charge on any atom is 0.332 e. The van der Waals surface area contributed by atoms with Gasteiger partial charge in [0.05, 0.1) is 20.1 Å². The van der Waals surface area contributed by atoms with Crippen molar-refractivity contribution in [3.8, 4) is 0 Å². The highest BCUT2D eigenvalue weighted by molar-refractivity contribution is 6.42. The van der Waals surface area contributed by atoms with E-state index in [0.29, 0.717) is 55.6 Å². The Hall–Kier alpha value is -1.80. The zero-order valence-electron chi connectivity index (χ0n) is 27.1. The van der Waals surface area contributed by atoms with Crippen LogP contribution in [0.2, 0.25) is 20.1 Å². The molecule has 6 saturated carbocycles. The minimum Gasteiger partial charge on any atom is -0.443 e. The van der Waals surface area contributed by atoms with Crippen LogP contribution in [0.15, 0.2) is 48.6 Å². The van der Waals surface area contributed by atoms with Crippen molar-refractivity contribution in [2.45, 2.75) is 62.8 Å². The number of carbonyl (C=O) groups excluding carboxylic acids is 2. The van der Waals surface area contributed by atoms with E-state index in [2.05, 4.69) is 47.9 Å². The van der Waals surface area contributed by atoms with Gasteiger partial charge in [-0.3, -0.25) is 9.80 Å². The molecule has 7 bridgehead atoms. The number of esters is 2. The third-order valence-corrected chi connectivity index (χ3v) is 15.7. The predicted molar refractivity (Wildman–Crippen MR) is 186 cm³/mol. The summed E-state index contributed by atoms with van der Waals surface area (Å²) in [6, 6.07) is 12.4. The molecule has 10 unspecified atom stereocenters. The summed E-state index contributed by atoms with van der Waals surface area (Å²) in [5.74, 6) is 1.38. The third kappa shape index (κ3) is 4.14. The van der Waals surface area contributed by atoms with Gasteiger partial charge in [-0.25, -0.2) is 9.59 Å². The monoisotopic (exact) mass is 728 g/mol. The largest absolute Gasteiger partial charge is 0.443 e. The first-order chi connectivity index (χ1) is 23.1. The average molecular weight is 731 g/mol. The van der Waals surface area contributed by atoms with Crippen LogP contribution in [0.5, 0.6) is 0 Å². The van der Waals surface area contributed by atoms with Crippen molar-refractivity contribution in [2.75, 3.05) is 26.2 Å². The lowest BCUT2D eigenvalue weighted by Crippen LogP contribution is -2.71. The van der Waals surface area contributed by atoms with Crippen LogP contribution in [0.3, 0.4) is 0 Å². The summed E-state index contributed by atoms with van der Waals surface area (Å²) in [7, 11) is 0. The van der Waals surface area contributed by atoms with Gasteiger partial charge in [-0.1, -0.05) is 72.4 Å². The van der Waals surface area contributed by atoms with E-state index in [1.54, 1.807) is 0 Å². The van der Waals surface area contributed by atoms with Gasteiger partial charge in [0.25, 0.3) is 0 Å². The van der Waals surface area contributed by atoms with E-state index in [1.165, 1.54) is 23.3 Å². The minimum absolute atomic E-state index is 0.0882. The van der Waals surface area contributed by atoms with Crippen molar-refractivity contribution in [3.63, 3.8) is 0 Å². The molecule has 10 atom stereocenters. The molecule has 254 valence electrons. The number of rotatable bonds is 4. The Balaban J connectivity index is 1.31. The molecule has 0 N–H and O–H groups in total. The van der Waals surface area contributed by atoms with Gasteiger partial charge in [0.2, 0.25) is 0 Å². The molecular formula is C38H40Cl4N2O4. The Labute approximate surface area is 302 Å². The second-order valence-corrected chi connectivity index (χ2v) is 17.0. The molecule has 11 rings (SSSR count). The summed E-state index contributed by atoms with van der Waals surface area (Å²) in [5.41, 5.74) is 1.85. The number of carbonyl (C=O) groups is 2. The van der Waals surface area contributed by atoms with E-state index in [9.17, 15) is 9.59 Å². The zero-order valence-corrected chi connectivity index (χ0v) is 30.1. The summed E-state index contributed by atoms with van der Waals surface area (Å²) in [5, 5.41) is 2.21. The standard InChI is InChI=1S/C38H40Cl4N2O4/c1-3-43-17-37(19-5-11-25(39)27(41)15-19)23-9-7-21-31-22-8-10-24(32(23)31)38(20-6-12-26(40)28(42)16-20)18-44(4-2)36(34(22)38)48-30(46)14-13-29(45)47-35(43)33(21)37/h5-6,11-16,21-24,31-36H,3-4,7-10,17-18H2,1-2H3/b14-13-. The zero-order chi connectivity index (χ0) is 33.3. The molecule has 0 aromatic heterocycles. The van der Waals surface area contributed by atoms with Crippen LogP contribution >= 0.6 is 46.4 Å². The first kappa shape index (κ1) is 32.1. The number of hydrogen-bond acceptors (Lipinski definition) is 6. The number of hydrogen-bond donors (Lipinski definition) is 0. The molecule has 0 amide bonds. The lowest BCUT2D eigenvalue weighted by atomic mass is 9.31. The number of likely N-dealkylation sites (tertiary alicyclic amines) is 2. The fraction of sp³-hybridized carbons (Fsp3) is 0.579. The summed E-state index contributed by atoms with van der Waals surface area (Å²) >= 11 is 26.7. The van der Waals surface area contributed by atoms with Crippen molar-refractivity contribution in [2.24, 2.45) is 47.3 Å². The number of benzene rings is 2. The molecule has 10 heteroatoms. The van der Waals surface area contributed by atoms with Gasteiger partial charge in [0.15, 0.2) is 12.5 Å². The number of nitrogens with zero attached hydrogens (tertiary/aromatic N) is 2. The van der Waals surface area contributed by atoms with Gasteiger partial charge in [-0.05, 0) is 110 Å². The summed E-state index contributed by atoms with van der Waals surface area (Å²) < 4.78 is 12.8. The number of fused-ring (bicyclic) bond motifs is 2. The molecular weight excluding hydrogens is 690 g/mol. The van der Waals surface area contributed by atoms with E-state index in [0.717, 1.165) is 51.9 Å². The highest BCUT2D eigenvalue weighted by Gasteiger charge is 2.78. The first-order valence-corrected chi connectivity index (χ1v) is 19.1. The van der Waals surface area contributed by atoms with Crippen LogP contribution in [0.1, 0.15) is 50.7 Å². The predicted octanol–water partition coefficient (Wildman–Crippen LogP) is 8.00. The van der Waals surface area contributed by atoms with Gasteiger partial charge in [0, 0.05) is 47.9 Å². The van der Waals surface area contributed by atoms with E-state index in [4.69, 9.17) is 55.9 Å². The molecule has 9 aliphatic rings. The van der Waals surface area contributed by atoms with Crippen LogP contribution in [0, 0.1) is 47.3 Å². The number of halogens is 4. The van der Waals surface area contributed by atoms with Crippen molar-refractivity contribution >= 4 is 58.3 Å². The quantitative estimate of drug-likeness (QED) is 0.298. The summed E-state index contributed by atoms with van der Waals surface area (Å²) in [6.07, 6.45) is 6.12. The fourth-order valence-corrected chi connectivity index (χ4v) is 13.7. The molecule has 0 radical (unpaired) electrons. The van der Waals surface area contributed by atoms with Crippen LogP contribution in [-0.4, -0.2) is 60.4 Å². The van der Waals surface area contributed by atoms with E-state index >= 15 is 0 Å². The van der Waals surface area contributed by atoms with Gasteiger partial charge in [0.1, 0.15) is 0 Å². The SMILES string of the molecule is CCN1CC2(c3ccc(Cl)c(Cl)c3)C3CCC4C5C6CCC(C53)C3(c5ccc(Cl)c(Cl)c5)CN(CC)C(OC(=O)/C=C\C(=O)OC1C42)C63. The van der Waals surface area contributed by atoms with Crippen molar-refractivity contribution in [1.29, 1.82) is 0 Å². The lowest BCUT2D eigenvalue weighted by molar-refractivity contribution is -0.228. The van der Waals surface area contributed by atoms with Crippen molar-refractivity contribution in [3.05, 3.63) is 79.8 Å². The Bertz CT molecular complexity index is 1610. The molecule has 2 aromatic rings. The molecule has 3 heterocycles. The van der Waals surface area contributed by atoms with Crippen molar-refractivity contribution in [1.82, 2.24) is 9.80 Å². The molecule has 8 fully saturated rings. The second-order valence-electron chi connectivity index (χ2n) is 15.4. The molecule has 2 saturated heterocycles. The summed E-state index contributed by atoms with van der Waals surface area (Å²) in [6.45, 7) is 7.35. The summed E-state index contributed by atoms with van der Waals surface area (Å²) in [4.78, 5) is 31.7. The van der Waals surface area contributed by atoms with Crippen LogP contribution < -0.4 is 0 Å². The maximum absolute atomic E-state index is 13.5. The van der Waals surface area contributed by atoms with Gasteiger partial charge in [-0.15, -0.1) is 0 Å². The van der Waals surface area contributed by atoms with Crippen molar-refractivity contribution < 1.29 is 19.1 Å². The number of ether oxygens (including phenoxy) is 2. The highest BCUT2D eigenvalue weighted by atomic mass is 35.5. The first-order valence-electron chi connectivity index (χ1n) is 17.6. The molecule has 6 nitrogen and oxygen atoms in total. The van der Waals surface area contributed by atoms with E-state index in [1.807, 2.05) is 12.1 Å². The second kappa shape index (κ2) is 11.4. The minimum atomic E-state index is -0.508. The lowest BCUT2D eigenvalue weighted by Gasteiger charge is -2.72. The normalized spacial score (nSPS) is 43.5. The third-order valence-electron chi connectivity index (χ3n) is 14.2. The van der Waals surface area contributed by atoms with Crippen LogP contribution in [-0.2, 0) is 29.9 Å². The van der Waals surface area contributed by atoms with Gasteiger partial charge in [-0.2, -0.15) is 0 Å². The molecule has 48 heavy (non-hydrogen) atoms. The van der Waals surface area contributed by atoms with E-state index < -0.39 is 24.4 Å². The Kier molecular flexibility index (Phi) is 7.60. The number of likely N-dealkylation sites (N-methyl/N-ethyl adjacent to an activating group) is 2. The average Bonchev–Trinajstić information content (AvgIpc) is 3.62. The Morgan fingerprint density at radius 3 is 1.48 bits per heavy atom.